The third-order valence-electron chi connectivity index (χ3n) is 0. The van der Waals surface area contributed by atoms with Crippen LogP contribution in [0.1, 0.15) is 2.85 Å². The Bertz CT molecular complexity index is 17.7. The predicted octanol–water partition coefficient (Wildman–Crippen LogP) is -1.61. The van der Waals surface area contributed by atoms with E-state index in [1.54, 1.807) is 0 Å². The largest absolute Gasteiger partial charge is 2.00 e. The molecule has 0 heterocycles. The van der Waals surface area contributed by atoms with Crippen molar-refractivity contribution in [2.24, 2.45) is 0 Å². The summed E-state index contributed by atoms with van der Waals surface area (Å²) < 4.78 is 0. The third kappa shape index (κ3) is 18.0. The Morgan fingerprint density at radius 1 is 1.20 bits per heavy atom. The molecule has 0 aliphatic carbocycles. The van der Waals surface area contributed by atoms with Gasteiger partial charge in [0.05, 0.1) is 0 Å². The number of rotatable bonds is 0. The maximum absolute atomic E-state index is 0. The van der Waals surface area contributed by atoms with Crippen molar-refractivity contribution >= 4 is 48.7 Å². The van der Waals surface area contributed by atoms with Gasteiger partial charge in [0.15, 0.2) is 0 Å². The van der Waals surface area contributed by atoms with Crippen molar-refractivity contribution in [1.82, 2.24) is 0 Å². The molecule has 0 aromatic heterocycles. The van der Waals surface area contributed by atoms with Gasteiger partial charge < -0.3 is 2.85 Å². The van der Waals surface area contributed by atoms with Crippen LogP contribution in [0.15, 0.2) is 0 Å². The monoisotopic (exact) mass is 395 g/mol. The van der Waals surface area contributed by atoms with E-state index in [1.807, 2.05) is 0 Å². The van der Waals surface area contributed by atoms with Crippen LogP contribution < -0.4 is 0 Å². The summed E-state index contributed by atoms with van der Waals surface area (Å²) in [4.78, 5) is 0. The van der Waals surface area contributed by atoms with Gasteiger partial charge in [-0.05, 0) is 11.0 Å². The first-order valence-corrected chi connectivity index (χ1v) is 0. The van der Waals surface area contributed by atoms with E-state index in [-0.39, 0.29) is 127 Å². The van der Waals surface area contributed by atoms with Gasteiger partial charge in [-0.3, -0.25) is 0 Å². The topological polar surface area (TPSA) is 0 Å². The SMILES string of the molecule is [Ca+2].[H-].[H-].[SiH4].[Ti].[W].[Y]. The van der Waals surface area contributed by atoms with Gasteiger partial charge in [-0.25, -0.2) is 0 Å². The molecule has 0 rings (SSSR count). The molecule has 25 valence electrons. The van der Waals surface area contributed by atoms with Crippen LogP contribution in [-0.2, 0) is 75.5 Å². The van der Waals surface area contributed by atoms with Gasteiger partial charge in [-0.2, -0.15) is 0 Å². The van der Waals surface area contributed by atoms with Crippen molar-refractivity contribution in [2.75, 3.05) is 0 Å². The number of hydrogen-bond acceptors (Lipinski definition) is 0. The van der Waals surface area contributed by atoms with Crippen LogP contribution in [0.2, 0.25) is 0 Å². The average molecular weight is 395 g/mol. The zero-order chi connectivity index (χ0) is 0. The van der Waals surface area contributed by atoms with Crippen molar-refractivity contribution in [3.63, 3.8) is 0 Å². The zero-order valence-corrected chi connectivity index (χ0v) is 11.7. The molecule has 0 unspecified atom stereocenters. The van der Waals surface area contributed by atoms with Crippen LogP contribution in [-0.4, -0.2) is 48.7 Å². The fourth-order valence-corrected chi connectivity index (χ4v) is 0. The second-order valence-corrected chi connectivity index (χ2v) is 0. The quantitative estimate of drug-likeness (QED) is 0.434. The summed E-state index contributed by atoms with van der Waals surface area (Å²) in [6, 6.07) is 0. The fourth-order valence-electron chi connectivity index (χ4n) is 0. The minimum absolute atomic E-state index is 0. The molecule has 0 amide bonds. The minimum atomic E-state index is 0. The van der Waals surface area contributed by atoms with E-state index < -0.39 is 0 Å². The van der Waals surface area contributed by atoms with Crippen LogP contribution in [0.3, 0.4) is 0 Å². The van der Waals surface area contributed by atoms with Gasteiger partial charge in [0.1, 0.15) is 0 Å². The molecule has 0 saturated heterocycles. The fraction of sp³-hybridized carbons (Fsp3) is 0. The molecule has 0 saturated carbocycles. The Hall–Kier alpha value is 3.98. The third-order valence-corrected chi connectivity index (χ3v) is 0. The standard InChI is InChI=1S/Ca.H4Si.Ti.W.Y.2H/h;1H4;;;;;/q+2;;;;;2*-1. The Balaban J connectivity index is 0. The summed E-state index contributed by atoms with van der Waals surface area (Å²) in [5, 5.41) is 0. The van der Waals surface area contributed by atoms with Crippen LogP contribution in [0.25, 0.3) is 0 Å². The van der Waals surface area contributed by atoms with Crippen LogP contribution in [0.5, 0.6) is 0 Å². The second-order valence-electron chi connectivity index (χ2n) is 0. The zero-order valence-electron chi connectivity index (χ0n) is 4.19. The molecular weight excluding hydrogens is 389 g/mol. The Kier molecular flexibility index (Phi) is 177. The minimum Gasteiger partial charge on any atom is -1.00 e. The van der Waals surface area contributed by atoms with Crippen molar-refractivity contribution < 1.29 is 78.3 Å². The molecule has 1 radical (unpaired) electrons. The van der Waals surface area contributed by atoms with Crippen molar-refractivity contribution in [3.05, 3.63) is 0 Å². The molecule has 0 aliphatic rings. The van der Waals surface area contributed by atoms with E-state index in [2.05, 4.69) is 0 Å². The first-order chi connectivity index (χ1) is 0. The normalized spacial score (nSPS) is 0. The summed E-state index contributed by atoms with van der Waals surface area (Å²) in [5.74, 6) is 0. The Morgan fingerprint density at radius 2 is 1.20 bits per heavy atom. The molecule has 0 nitrogen and oxygen atoms in total. The first kappa shape index (κ1) is 36.1. The summed E-state index contributed by atoms with van der Waals surface area (Å²) in [5.41, 5.74) is 0. The molecule has 5 heavy (non-hydrogen) atoms. The molecule has 5 heteroatoms. The van der Waals surface area contributed by atoms with Gasteiger partial charge in [0, 0.05) is 75.5 Å². The number of hydrogen-bond donors (Lipinski definition) is 0. The van der Waals surface area contributed by atoms with Crippen LogP contribution in [0, 0.1) is 0 Å². The summed E-state index contributed by atoms with van der Waals surface area (Å²) >= 11 is 0. The maximum atomic E-state index is 0. The smallest absolute Gasteiger partial charge is 1.00 e. The Morgan fingerprint density at radius 3 is 1.20 bits per heavy atom. The van der Waals surface area contributed by atoms with E-state index in [9.17, 15) is 0 Å². The van der Waals surface area contributed by atoms with Crippen molar-refractivity contribution in [2.45, 2.75) is 0 Å². The van der Waals surface area contributed by atoms with E-state index in [0.29, 0.717) is 0 Å². The van der Waals surface area contributed by atoms with E-state index in [0.717, 1.165) is 0 Å². The van der Waals surface area contributed by atoms with Crippen molar-refractivity contribution in [1.29, 1.82) is 0 Å². The van der Waals surface area contributed by atoms with Gasteiger partial charge >= 0.3 is 37.7 Å². The average Bonchev–Trinajstić information content (AvgIpc) is 0. The molecule has 0 atom stereocenters. The summed E-state index contributed by atoms with van der Waals surface area (Å²) in [6.45, 7) is 0. The van der Waals surface area contributed by atoms with Crippen LogP contribution >= 0.6 is 0 Å². The van der Waals surface area contributed by atoms with Crippen LogP contribution in [0.4, 0.5) is 0 Å². The van der Waals surface area contributed by atoms with Crippen molar-refractivity contribution in [3.8, 4) is 0 Å². The van der Waals surface area contributed by atoms with Gasteiger partial charge in [-0.1, -0.05) is 0 Å². The predicted molar refractivity (Wildman–Crippen MR) is 19.3 cm³/mol. The summed E-state index contributed by atoms with van der Waals surface area (Å²) in [7, 11) is 0. The molecule has 0 aromatic rings. The Labute approximate surface area is 124 Å². The molecule has 0 fully saturated rings. The first-order valence-electron chi connectivity index (χ1n) is 0. The van der Waals surface area contributed by atoms with Gasteiger partial charge in [-0.15, -0.1) is 0 Å². The molecule has 0 bridgehead atoms. The molecular formula is H6CaSiTiWY. The second kappa shape index (κ2) is 24.5. The molecule has 0 aliphatic heterocycles. The molecule has 0 N–H and O–H groups in total. The maximum Gasteiger partial charge on any atom is 2.00 e. The van der Waals surface area contributed by atoms with Gasteiger partial charge in [0.25, 0.3) is 0 Å². The summed E-state index contributed by atoms with van der Waals surface area (Å²) in [6.07, 6.45) is 0. The molecule has 0 spiro atoms. The van der Waals surface area contributed by atoms with E-state index in [4.69, 9.17) is 0 Å². The molecule has 0 aromatic carbocycles. The van der Waals surface area contributed by atoms with E-state index >= 15 is 0 Å². The van der Waals surface area contributed by atoms with E-state index in [1.165, 1.54) is 0 Å². The van der Waals surface area contributed by atoms with Gasteiger partial charge in [0.2, 0.25) is 0 Å².